The van der Waals surface area contributed by atoms with Crippen molar-refractivity contribution in [3.63, 3.8) is 0 Å². The zero-order valence-electron chi connectivity index (χ0n) is 51.4. The van der Waals surface area contributed by atoms with Crippen LogP contribution in [0.5, 0.6) is 0 Å². The molecule has 5 aromatic rings. The molecule has 472 valence electrons. The van der Waals surface area contributed by atoms with E-state index in [0.29, 0.717) is 15.7 Å². The number of likely N-dealkylation sites (tertiary alicyclic amines) is 2. The summed E-state index contributed by atoms with van der Waals surface area (Å²) in [4.78, 5) is 91.3. The first-order valence-corrected chi connectivity index (χ1v) is 32.9. The van der Waals surface area contributed by atoms with Gasteiger partial charge in [0, 0.05) is 59.7 Å². The van der Waals surface area contributed by atoms with Gasteiger partial charge in [0.05, 0.1) is 43.2 Å². The third kappa shape index (κ3) is 16.7. The highest BCUT2D eigenvalue weighted by Crippen LogP contribution is 2.35. The molecule has 4 aromatic carbocycles. The summed E-state index contributed by atoms with van der Waals surface area (Å²) in [5, 5.41) is 23.6. The van der Waals surface area contributed by atoms with Gasteiger partial charge in [0.15, 0.2) is 0 Å². The first kappa shape index (κ1) is 65.0. The summed E-state index contributed by atoms with van der Waals surface area (Å²) in [7, 11) is 3.41. The molecule has 1 unspecified atom stereocenters. The molecule has 90 heavy (non-hydrogen) atoms. The lowest BCUT2D eigenvalue weighted by atomic mass is 9.83. The van der Waals surface area contributed by atoms with Gasteiger partial charge in [0.25, 0.3) is 0 Å². The molecule has 10 rings (SSSR count). The number of hydrogen-bond acceptors (Lipinski definition) is 16. The number of hydrazine groups is 1. The van der Waals surface area contributed by atoms with Gasteiger partial charge in [-0.15, -0.1) is 5.10 Å². The molecule has 2 aliphatic carbocycles. The van der Waals surface area contributed by atoms with Gasteiger partial charge >= 0.3 is 0 Å². The highest BCUT2D eigenvalue weighted by atomic mass is 32.2. The fourth-order valence-corrected chi connectivity index (χ4v) is 13.6. The Labute approximate surface area is 535 Å². The zero-order chi connectivity index (χ0) is 62.9. The molecule has 4 heterocycles. The normalized spacial score (nSPS) is 20.7. The van der Waals surface area contributed by atoms with Crippen molar-refractivity contribution >= 4 is 69.6 Å². The van der Waals surface area contributed by atoms with Crippen LogP contribution in [0.3, 0.4) is 0 Å². The van der Waals surface area contributed by atoms with Gasteiger partial charge < -0.3 is 56.6 Å². The Bertz CT molecular complexity index is 3460. The summed E-state index contributed by atoms with van der Waals surface area (Å²) in [5.41, 5.74) is 9.39. The molecular weight excluding hydrogens is 1180 g/mol. The Balaban J connectivity index is 0.757. The van der Waals surface area contributed by atoms with Crippen LogP contribution in [0.4, 0.5) is 5.00 Å². The van der Waals surface area contributed by atoms with Crippen molar-refractivity contribution in [2.24, 2.45) is 11.8 Å². The van der Waals surface area contributed by atoms with Gasteiger partial charge in [-0.1, -0.05) is 140 Å². The minimum Gasteiger partial charge on any atom is -0.372 e. The second-order valence-corrected chi connectivity index (χ2v) is 25.3. The number of ether oxygens (including phenoxy) is 2. The van der Waals surface area contributed by atoms with E-state index in [-0.39, 0.29) is 86.4 Å². The van der Waals surface area contributed by atoms with Crippen molar-refractivity contribution < 1.29 is 38.2 Å². The van der Waals surface area contributed by atoms with E-state index < -0.39 is 48.5 Å². The van der Waals surface area contributed by atoms with Crippen LogP contribution in [0.25, 0.3) is 17.0 Å². The molecule has 1 aromatic heterocycles. The average molecular weight is 1260 g/mol. The molecule has 4 fully saturated rings. The van der Waals surface area contributed by atoms with E-state index >= 15 is 0 Å². The SMILES string of the molecule is CN[C@@H](C)C(=O)N[C@H](C(=O)N1C[C@@H](OCc2ccc(C#CC#Cc3ccc(COC4C[C@@H](C(=O)Nc5snnc5-c5ccccc5)N(C(=O)[C@@H](NC(=O)[C@H](C)NC)C5CCCCC5)C4)cc3)cc2)C[C@H]1C(=O)NC1=C(c2ccccc2)NNS1)C1CCCCC1. The number of nitrogens with zero attached hydrogens (tertiary/aromatic N) is 4. The maximum absolute atomic E-state index is 14.8. The number of aromatic nitrogens is 2. The predicted molar refractivity (Wildman–Crippen MR) is 347 cm³/mol. The Kier molecular flexibility index (Phi) is 22.9. The molecular formula is C68H80N12O8S2. The number of carbonyl (C=O) groups excluding carboxylic acids is 6. The minimum atomic E-state index is -0.876. The Hall–Kier alpha value is -7.93. The van der Waals surface area contributed by atoms with E-state index in [1.54, 1.807) is 37.7 Å². The molecule has 5 aliphatic rings. The zero-order valence-corrected chi connectivity index (χ0v) is 53.0. The number of likely N-dealkylation sites (N-methyl/N-ethyl adjacent to an activating group) is 2. The Morgan fingerprint density at radius 2 is 1.06 bits per heavy atom. The topological polar surface area (TPSA) is 249 Å². The first-order valence-electron chi connectivity index (χ1n) is 31.3. The number of amides is 6. The minimum absolute atomic E-state index is 0.0535. The fourth-order valence-electron chi connectivity index (χ4n) is 12.3. The van der Waals surface area contributed by atoms with Gasteiger partial charge in [-0.05, 0) is 125 Å². The van der Waals surface area contributed by atoms with Crippen molar-refractivity contribution in [1.29, 1.82) is 0 Å². The first-order chi connectivity index (χ1) is 43.8. The Morgan fingerprint density at radius 1 is 0.600 bits per heavy atom. The van der Waals surface area contributed by atoms with Crippen LogP contribution in [0, 0.1) is 35.5 Å². The summed E-state index contributed by atoms with van der Waals surface area (Å²) < 4.78 is 17.1. The van der Waals surface area contributed by atoms with Crippen LogP contribution < -0.4 is 42.2 Å². The van der Waals surface area contributed by atoms with E-state index in [9.17, 15) is 28.8 Å². The molecule has 8 atom stereocenters. The standard InChI is InChI=1S/C68H80N12O8S2/c1-43(69-3)61(81)71-59(51-25-13-7-14-26-51)67(85)79-39-53(37-55(79)63(83)73-65-57(75-77-89-65)49-21-9-5-10-22-49)87-41-47-33-29-45(30-34-47)19-17-18-20-46-31-35-48(36-32-46)42-88-54-38-56(64(84)74-66-58(76-78-90-66)50-23-11-6-12-24-50)80(40-54)68(86)60(52-27-15-8-16-28-52)72-62(82)44(2)70-4/h5-6,9-12,21-24,29-36,43-44,51-56,59-60,69-70,75,77H,7-8,13-16,25-28,37-42H2,1-4H3,(H,71,81)(H,72,82)(H,73,83)(H,74,84)/t43-,44-,53-,54?,55-,56-,59-,60-/m0/s1. The van der Waals surface area contributed by atoms with Crippen LogP contribution in [0.1, 0.15) is 119 Å². The summed E-state index contributed by atoms with van der Waals surface area (Å²) in [6, 6.07) is 30.2. The van der Waals surface area contributed by atoms with Crippen molar-refractivity contribution in [2.75, 3.05) is 32.5 Å². The smallest absolute Gasteiger partial charge is 0.247 e. The van der Waals surface area contributed by atoms with Gasteiger partial charge in [-0.25, -0.2) is 0 Å². The lowest BCUT2D eigenvalue weighted by Crippen LogP contribution is -2.58. The molecule has 20 nitrogen and oxygen atoms in total. The van der Waals surface area contributed by atoms with E-state index in [1.807, 2.05) is 109 Å². The third-order valence-electron chi connectivity index (χ3n) is 17.7. The van der Waals surface area contributed by atoms with Crippen LogP contribution in [-0.4, -0.2) is 130 Å². The van der Waals surface area contributed by atoms with Crippen LogP contribution >= 0.6 is 23.5 Å². The summed E-state index contributed by atoms with van der Waals surface area (Å²) in [5.74, 6) is 10.2. The van der Waals surface area contributed by atoms with Crippen molar-refractivity contribution in [3.05, 3.63) is 142 Å². The van der Waals surface area contributed by atoms with Crippen LogP contribution in [-0.2, 0) is 51.5 Å². The summed E-state index contributed by atoms with van der Waals surface area (Å²) in [6.45, 7) is 4.33. The lowest BCUT2D eigenvalue weighted by molar-refractivity contribution is -0.143. The number of hydrogen-bond donors (Lipinski definition) is 8. The highest BCUT2D eigenvalue weighted by Gasteiger charge is 2.47. The number of carbonyl (C=O) groups is 6. The second kappa shape index (κ2) is 31.7. The Morgan fingerprint density at radius 3 is 1.52 bits per heavy atom. The van der Waals surface area contributed by atoms with Crippen LogP contribution in [0.15, 0.2) is 114 Å². The number of benzene rings is 4. The monoisotopic (exact) mass is 1260 g/mol. The van der Waals surface area contributed by atoms with E-state index in [1.165, 1.54) is 11.9 Å². The molecule has 8 N–H and O–H groups in total. The van der Waals surface area contributed by atoms with Crippen molar-refractivity contribution in [3.8, 4) is 34.9 Å². The van der Waals surface area contributed by atoms with Gasteiger partial charge in [0.1, 0.15) is 39.9 Å². The molecule has 6 amide bonds. The number of anilines is 1. The number of nitrogens with one attached hydrogen (secondary N) is 8. The summed E-state index contributed by atoms with van der Waals surface area (Å²) >= 11 is 2.32. The quantitative estimate of drug-likeness (QED) is 0.0263. The molecule has 2 saturated carbocycles. The average Bonchev–Trinajstić information content (AvgIpc) is 1.77. The molecule has 0 radical (unpaired) electrons. The maximum Gasteiger partial charge on any atom is 0.247 e. The number of rotatable bonds is 22. The lowest BCUT2D eigenvalue weighted by Gasteiger charge is -2.35. The van der Waals surface area contributed by atoms with E-state index in [0.717, 1.165) is 115 Å². The van der Waals surface area contributed by atoms with Gasteiger partial charge in [-0.3, -0.25) is 28.8 Å². The molecule has 22 heteroatoms. The highest BCUT2D eigenvalue weighted by molar-refractivity contribution is 8.01. The second-order valence-electron chi connectivity index (χ2n) is 23.7. The fraction of sp³-hybridized carbons (Fsp3) is 0.441. The van der Waals surface area contributed by atoms with E-state index in [4.69, 9.17) is 9.47 Å². The van der Waals surface area contributed by atoms with Gasteiger partial charge in [0.2, 0.25) is 35.4 Å². The third-order valence-corrected chi connectivity index (χ3v) is 19.1. The molecule has 3 aliphatic heterocycles. The predicted octanol–water partition coefficient (Wildman–Crippen LogP) is 6.76. The molecule has 0 bridgehead atoms. The molecule has 2 saturated heterocycles. The molecule has 0 spiro atoms. The van der Waals surface area contributed by atoms with Crippen LogP contribution in [0.2, 0.25) is 0 Å². The summed E-state index contributed by atoms with van der Waals surface area (Å²) in [6.07, 6.45) is 8.83. The maximum atomic E-state index is 14.8. The van der Waals surface area contributed by atoms with Gasteiger partial charge in [-0.2, -0.15) is 4.83 Å². The van der Waals surface area contributed by atoms with Crippen molar-refractivity contribution in [1.82, 2.24) is 56.2 Å². The largest absolute Gasteiger partial charge is 0.372 e. The van der Waals surface area contributed by atoms with Crippen molar-refractivity contribution in [2.45, 2.75) is 153 Å². The van der Waals surface area contributed by atoms with E-state index in [2.05, 4.69) is 75.4 Å².